The molecule has 0 amide bonds. The third-order valence-electron chi connectivity index (χ3n) is 2.21. The van der Waals surface area contributed by atoms with Crippen molar-refractivity contribution in [1.82, 2.24) is 4.57 Å². The fourth-order valence-electron chi connectivity index (χ4n) is 1.41. The first-order chi connectivity index (χ1) is 7.16. The first-order valence-corrected chi connectivity index (χ1v) is 6.23. The molecule has 0 aliphatic heterocycles. The Balaban J connectivity index is 2.33. The second kappa shape index (κ2) is 4.33. The van der Waals surface area contributed by atoms with Crippen LogP contribution in [-0.2, 0) is 6.54 Å². The van der Waals surface area contributed by atoms with Gasteiger partial charge >= 0.3 is 4.87 Å². The summed E-state index contributed by atoms with van der Waals surface area (Å²) >= 11 is 4.67. The molecule has 2 aromatic rings. The van der Waals surface area contributed by atoms with E-state index in [-0.39, 0.29) is 4.87 Å². The molecule has 0 bridgehead atoms. The predicted octanol–water partition coefficient (Wildman–Crippen LogP) is 3.03. The third-order valence-corrected chi connectivity index (χ3v) is 3.58. The summed E-state index contributed by atoms with van der Waals surface area (Å²) in [6.07, 6.45) is 0. The summed E-state index contributed by atoms with van der Waals surface area (Å²) in [6, 6.07) is 8.01. The Morgan fingerprint density at radius 1 is 1.47 bits per heavy atom. The van der Waals surface area contributed by atoms with Crippen LogP contribution in [0, 0.1) is 6.92 Å². The summed E-state index contributed by atoms with van der Waals surface area (Å²) in [5.41, 5.74) is 2.15. The number of hydrogen-bond acceptors (Lipinski definition) is 2. The van der Waals surface area contributed by atoms with Crippen LogP contribution in [0.25, 0.3) is 0 Å². The fraction of sp³-hybridized carbons (Fsp3) is 0.182. The van der Waals surface area contributed by atoms with E-state index in [1.807, 2.05) is 36.6 Å². The number of hydrogen-bond donors (Lipinski definition) is 0. The van der Waals surface area contributed by atoms with Crippen molar-refractivity contribution in [2.45, 2.75) is 13.5 Å². The maximum Gasteiger partial charge on any atom is 0.307 e. The molecule has 78 valence electrons. The van der Waals surface area contributed by atoms with Crippen molar-refractivity contribution in [3.63, 3.8) is 0 Å². The maximum atomic E-state index is 11.5. The van der Waals surface area contributed by atoms with Gasteiger partial charge in [-0.1, -0.05) is 39.4 Å². The van der Waals surface area contributed by atoms with Gasteiger partial charge in [0.2, 0.25) is 0 Å². The van der Waals surface area contributed by atoms with Gasteiger partial charge in [-0.15, -0.1) is 0 Å². The lowest BCUT2D eigenvalue weighted by molar-refractivity contribution is 0.754. The van der Waals surface area contributed by atoms with E-state index in [0.717, 1.165) is 15.7 Å². The highest BCUT2D eigenvalue weighted by atomic mass is 79.9. The molecule has 0 aliphatic rings. The molecule has 0 atom stereocenters. The van der Waals surface area contributed by atoms with Gasteiger partial charge in [0.15, 0.2) is 0 Å². The first kappa shape index (κ1) is 10.6. The van der Waals surface area contributed by atoms with Gasteiger partial charge in [0.25, 0.3) is 0 Å². The summed E-state index contributed by atoms with van der Waals surface area (Å²) in [4.78, 5) is 11.6. The Morgan fingerprint density at radius 3 is 2.87 bits per heavy atom. The summed E-state index contributed by atoms with van der Waals surface area (Å²) < 4.78 is 2.83. The van der Waals surface area contributed by atoms with Crippen LogP contribution < -0.4 is 4.87 Å². The molecule has 1 heterocycles. The number of rotatable bonds is 2. The van der Waals surface area contributed by atoms with E-state index < -0.39 is 0 Å². The zero-order valence-electron chi connectivity index (χ0n) is 8.24. The van der Waals surface area contributed by atoms with Gasteiger partial charge in [-0.3, -0.25) is 9.36 Å². The monoisotopic (exact) mass is 283 g/mol. The van der Waals surface area contributed by atoms with E-state index in [1.165, 1.54) is 11.3 Å². The predicted molar refractivity (Wildman–Crippen MR) is 66.6 cm³/mol. The number of halogens is 1. The van der Waals surface area contributed by atoms with Gasteiger partial charge in [-0.05, 0) is 24.6 Å². The van der Waals surface area contributed by atoms with Crippen molar-refractivity contribution < 1.29 is 0 Å². The third kappa shape index (κ3) is 2.38. The van der Waals surface area contributed by atoms with Crippen LogP contribution in [0.2, 0.25) is 0 Å². The summed E-state index contributed by atoms with van der Waals surface area (Å²) in [5.74, 6) is 0. The van der Waals surface area contributed by atoms with Crippen LogP contribution in [0.4, 0.5) is 0 Å². The molecule has 2 nitrogen and oxygen atoms in total. The second-order valence-corrected chi connectivity index (χ2v) is 5.10. The molecule has 0 fully saturated rings. The minimum atomic E-state index is 0.104. The lowest BCUT2D eigenvalue weighted by Gasteiger charge is -2.04. The topological polar surface area (TPSA) is 22.0 Å². The minimum Gasteiger partial charge on any atom is -0.299 e. The lowest BCUT2D eigenvalue weighted by atomic mass is 10.2. The van der Waals surface area contributed by atoms with E-state index in [2.05, 4.69) is 15.9 Å². The molecule has 1 aromatic carbocycles. The number of aryl methyl sites for hydroxylation is 1. The molecule has 0 radical (unpaired) electrons. The quantitative estimate of drug-likeness (QED) is 0.831. The molecule has 15 heavy (non-hydrogen) atoms. The summed E-state index contributed by atoms with van der Waals surface area (Å²) in [5, 5.41) is 1.89. The highest BCUT2D eigenvalue weighted by Gasteiger charge is 2.03. The largest absolute Gasteiger partial charge is 0.307 e. The van der Waals surface area contributed by atoms with Crippen molar-refractivity contribution in [2.75, 3.05) is 0 Å². The van der Waals surface area contributed by atoms with Gasteiger partial charge in [-0.25, -0.2) is 0 Å². The van der Waals surface area contributed by atoms with Crippen LogP contribution in [-0.4, -0.2) is 4.57 Å². The van der Waals surface area contributed by atoms with Crippen molar-refractivity contribution in [2.24, 2.45) is 0 Å². The Kier molecular flexibility index (Phi) is 3.07. The molecule has 0 unspecified atom stereocenters. The second-order valence-electron chi connectivity index (χ2n) is 3.36. The van der Waals surface area contributed by atoms with E-state index >= 15 is 0 Å². The van der Waals surface area contributed by atoms with Gasteiger partial charge in [0.1, 0.15) is 0 Å². The first-order valence-electron chi connectivity index (χ1n) is 4.56. The fourth-order valence-corrected chi connectivity index (χ4v) is 2.60. The normalized spacial score (nSPS) is 10.5. The van der Waals surface area contributed by atoms with E-state index in [4.69, 9.17) is 0 Å². The van der Waals surface area contributed by atoms with Crippen LogP contribution >= 0.6 is 27.3 Å². The van der Waals surface area contributed by atoms with Gasteiger partial charge in [-0.2, -0.15) is 0 Å². The molecular formula is C11H10BrNOS. The van der Waals surface area contributed by atoms with Gasteiger partial charge in [0.05, 0.1) is 6.54 Å². The maximum absolute atomic E-state index is 11.5. The van der Waals surface area contributed by atoms with Gasteiger partial charge in [0, 0.05) is 15.5 Å². The number of benzene rings is 1. The average molecular weight is 284 g/mol. The molecule has 1 aromatic heterocycles. The number of nitrogens with zero attached hydrogens (tertiary/aromatic N) is 1. The van der Waals surface area contributed by atoms with Crippen molar-refractivity contribution in [3.8, 4) is 0 Å². The molecule has 4 heteroatoms. The Hall–Kier alpha value is -0.870. The van der Waals surface area contributed by atoms with Crippen LogP contribution in [0.15, 0.2) is 38.9 Å². The Morgan fingerprint density at radius 2 is 2.27 bits per heavy atom. The summed E-state index contributed by atoms with van der Waals surface area (Å²) in [6.45, 7) is 2.60. The molecule has 2 rings (SSSR count). The molecule has 0 aliphatic carbocycles. The molecular weight excluding hydrogens is 274 g/mol. The SMILES string of the molecule is Cc1csc(=O)n1Cc1cccc(Br)c1. The molecule has 0 spiro atoms. The zero-order valence-corrected chi connectivity index (χ0v) is 10.6. The highest BCUT2D eigenvalue weighted by molar-refractivity contribution is 9.10. The van der Waals surface area contributed by atoms with Crippen LogP contribution in [0.1, 0.15) is 11.3 Å². The average Bonchev–Trinajstić information content (AvgIpc) is 2.50. The van der Waals surface area contributed by atoms with Gasteiger partial charge < -0.3 is 0 Å². The smallest absolute Gasteiger partial charge is 0.299 e. The van der Waals surface area contributed by atoms with E-state index in [0.29, 0.717) is 6.54 Å². The number of aromatic nitrogens is 1. The lowest BCUT2D eigenvalue weighted by Crippen LogP contribution is -2.15. The molecule has 0 saturated heterocycles. The van der Waals surface area contributed by atoms with Crippen molar-refractivity contribution >= 4 is 27.3 Å². The van der Waals surface area contributed by atoms with E-state index in [1.54, 1.807) is 4.57 Å². The van der Waals surface area contributed by atoms with Crippen molar-refractivity contribution in [1.29, 1.82) is 0 Å². The zero-order chi connectivity index (χ0) is 10.8. The van der Waals surface area contributed by atoms with Crippen LogP contribution in [0.5, 0.6) is 0 Å². The standard InChI is InChI=1S/C11H10BrNOS/c1-8-7-15-11(14)13(8)6-9-3-2-4-10(12)5-9/h2-5,7H,6H2,1H3. The number of thiazole rings is 1. The minimum absolute atomic E-state index is 0.104. The Bertz CT molecular complexity index is 529. The molecule has 0 N–H and O–H groups in total. The summed E-state index contributed by atoms with van der Waals surface area (Å²) in [7, 11) is 0. The van der Waals surface area contributed by atoms with Crippen LogP contribution in [0.3, 0.4) is 0 Å². The Labute approximate surface area is 100 Å². The van der Waals surface area contributed by atoms with Crippen molar-refractivity contribution in [3.05, 3.63) is 55.0 Å². The molecule has 0 saturated carbocycles. The highest BCUT2D eigenvalue weighted by Crippen LogP contribution is 2.13. The van der Waals surface area contributed by atoms with E-state index in [9.17, 15) is 4.79 Å².